The van der Waals surface area contributed by atoms with Crippen LogP contribution >= 0.6 is 0 Å². The van der Waals surface area contributed by atoms with Crippen LogP contribution in [-0.2, 0) is 11.3 Å². The lowest BCUT2D eigenvalue weighted by Crippen LogP contribution is -2.47. The Hall–Kier alpha value is -1.56. The number of carbonyl (C=O) groups is 1. The maximum atomic E-state index is 12.1. The molecule has 6 nitrogen and oxygen atoms in total. The van der Waals surface area contributed by atoms with E-state index in [0.717, 1.165) is 44.8 Å². The highest BCUT2D eigenvalue weighted by Crippen LogP contribution is 2.30. The Bertz CT molecular complexity index is 471. The van der Waals surface area contributed by atoms with Crippen LogP contribution in [0.1, 0.15) is 46.4 Å². The standard InChI is InChI=1S/C16H28N4O2/c1-15(2,3)22-14(21)20-9-5-16(4,6-10-20)12-17-11-13-18-7-8-19-13/h7-8,17H,5-6,9-12H2,1-4H3,(H,18,19). The molecule has 0 aliphatic carbocycles. The normalized spacial score (nSPS) is 18.3. The van der Waals surface area contributed by atoms with Gasteiger partial charge in [0.15, 0.2) is 0 Å². The molecule has 0 aromatic carbocycles. The number of aromatic amines is 1. The smallest absolute Gasteiger partial charge is 0.410 e. The Morgan fingerprint density at radius 1 is 1.45 bits per heavy atom. The van der Waals surface area contributed by atoms with E-state index in [4.69, 9.17) is 4.74 Å². The van der Waals surface area contributed by atoms with Crippen LogP contribution in [-0.4, -0.2) is 46.2 Å². The molecule has 1 aliphatic rings. The third-order valence-electron chi connectivity index (χ3n) is 4.02. The summed E-state index contributed by atoms with van der Waals surface area (Å²) >= 11 is 0. The van der Waals surface area contributed by atoms with Crippen LogP contribution in [0.4, 0.5) is 4.79 Å². The molecule has 2 rings (SSSR count). The summed E-state index contributed by atoms with van der Waals surface area (Å²) in [5.41, 5.74) is -0.215. The Kier molecular flexibility index (Phi) is 5.11. The van der Waals surface area contributed by atoms with Crippen molar-refractivity contribution in [2.45, 2.75) is 52.7 Å². The van der Waals surface area contributed by atoms with Gasteiger partial charge in [-0.3, -0.25) is 0 Å². The Morgan fingerprint density at radius 2 is 2.14 bits per heavy atom. The first-order chi connectivity index (χ1) is 10.3. The number of hydrogen-bond acceptors (Lipinski definition) is 4. The number of likely N-dealkylation sites (tertiary alicyclic amines) is 1. The van der Waals surface area contributed by atoms with Crippen molar-refractivity contribution >= 4 is 6.09 Å². The van der Waals surface area contributed by atoms with Crippen LogP contribution in [0.15, 0.2) is 12.4 Å². The van der Waals surface area contributed by atoms with Crippen LogP contribution in [0.5, 0.6) is 0 Å². The highest BCUT2D eigenvalue weighted by Gasteiger charge is 2.33. The molecular weight excluding hydrogens is 280 g/mol. The number of piperidine rings is 1. The molecule has 1 fully saturated rings. The van der Waals surface area contributed by atoms with E-state index in [1.165, 1.54) is 0 Å². The van der Waals surface area contributed by atoms with Gasteiger partial charge in [-0.2, -0.15) is 0 Å². The summed E-state index contributed by atoms with van der Waals surface area (Å²) < 4.78 is 5.43. The number of nitrogens with zero attached hydrogens (tertiary/aromatic N) is 2. The quantitative estimate of drug-likeness (QED) is 0.897. The van der Waals surface area contributed by atoms with E-state index in [1.54, 1.807) is 6.20 Å². The largest absolute Gasteiger partial charge is 0.444 e. The number of carbonyl (C=O) groups excluding carboxylic acids is 1. The van der Waals surface area contributed by atoms with Gasteiger partial charge in [0, 0.05) is 32.0 Å². The summed E-state index contributed by atoms with van der Waals surface area (Å²) in [6, 6.07) is 0. The molecule has 1 saturated heterocycles. The molecular formula is C16H28N4O2. The molecule has 1 aromatic rings. The average Bonchev–Trinajstić information content (AvgIpc) is 2.90. The van der Waals surface area contributed by atoms with Crippen molar-refractivity contribution in [2.75, 3.05) is 19.6 Å². The van der Waals surface area contributed by atoms with E-state index in [-0.39, 0.29) is 11.5 Å². The summed E-state index contributed by atoms with van der Waals surface area (Å²) in [5.74, 6) is 0.954. The van der Waals surface area contributed by atoms with E-state index in [1.807, 2.05) is 31.9 Å². The third-order valence-corrected chi connectivity index (χ3v) is 4.02. The zero-order valence-electron chi connectivity index (χ0n) is 14.1. The van der Waals surface area contributed by atoms with Crippen LogP contribution in [0.25, 0.3) is 0 Å². The zero-order chi connectivity index (χ0) is 16.2. The fourth-order valence-corrected chi connectivity index (χ4v) is 2.61. The van der Waals surface area contributed by atoms with E-state index >= 15 is 0 Å². The third kappa shape index (κ3) is 5.02. The average molecular weight is 308 g/mol. The van der Waals surface area contributed by atoms with E-state index in [9.17, 15) is 4.79 Å². The van der Waals surface area contributed by atoms with E-state index < -0.39 is 5.60 Å². The molecule has 2 heterocycles. The summed E-state index contributed by atoms with van der Waals surface area (Å²) in [6.45, 7) is 11.2. The number of amides is 1. The highest BCUT2D eigenvalue weighted by molar-refractivity contribution is 5.68. The van der Waals surface area contributed by atoms with Gasteiger partial charge in [-0.05, 0) is 39.0 Å². The minimum Gasteiger partial charge on any atom is -0.444 e. The summed E-state index contributed by atoms with van der Waals surface area (Å²) in [7, 11) is 0. The zero-order valence-corrected chi connectivity index (χ0v) is 14.1. The predicted molar refractivity (Wildman–Crippen MR) is 85.4 cm³/mol. The van der Waals surface area contributed by atoms with Gasteiger partial charge in [-0.1, -0.05) is 6.92 Å². The molecule has 0 bridgehead atoms. The maximum absolute atomic E-state index is 12.1. The van der Waals surface area contributed by atoms with Crippen molar-refractivity contribution in [1.29, 1.82) is 0 Å². The first-order valence-corrected chi connectivity index (χ1v) is 7.94. The molecule has 0 unspecified atom stereocenters. The van der Waals surface area contributed by atoms with Crippen molar-refractivity contribution in [1.82, 2.24) is 20.2 Å². The lowest BCUT2D eigenvalue weighted by Gasteiger charge is -2.39. The lowest BCUT2D eigenvalue weighted by molar-refractivity contribution is 0.0119. The first-order valence-electron chi connectivity index (χ1n) is 7.94. The van der Waals surface area contributed by atoms with Gasteiger partial charge in [0.05, 0.1) is 6.54 Å². The minimum absolute atomic E-state index is 0.196. The Balaban J connectivity index is 1.74. The van der Waals surface area contributed by atoms with Gasteiger partial charge in [0.2, 0.25) is 0 Å². The van der Waals surface area contributed by atoms with Gasteiger partial charge < -0.3 is 19.9 Å². The number of ether oxygens (including phenoxy) is 1. The second-order valence-corrected chi connectivity index (χ2v) is 7.42. The van der Waals surface area contributed by atoms with E-state index in [0.29, 0.717) is 0 Å². The van der Waals surface area contributed by atoms with Crippen molar-refractivity contribution < 1.29 is 9.53 Å². The maximum Gasteiger partial charge on any atom is 0.410 e. The van der Waals surface area contributed by atoms with Crippen molar-refractivity contribution in [3.63, 3.8) is 0 Å². The SMILES string of the molecule is CC1(CNCc2ncc[nH]2)CCN(C(=O)OC(C)(C)C)CC1. The number of hydrogen-bond donors (Lipinski definition) is 2. The first kappa shape index (κ1) is 16.8. The van der Waals surface area contributed by atoms with Gasteiger partial charge in [0.1, 0.15) is 11.4 Å². The molecule has 0 radical (unpaired) electrons. The van der Waals surface area contributed by atoms with Crippen LogP contribution in [0.3, 0.4) is 0 Å². The second kappa shape index (κ2) is 6.69. The molecule has 6 heteroatoms. The Labute approximate surface area is 132 Å². The number of imidazole rings is 1. The number of aromatic nitrogens is 2. The van der Waals surface area contributed by atoms with Crippen LogP contribution in [0.2, 0.25) is 0 Å². The fraction of sp³-hybridized carbons (Fsp3) is 0.750. The van der Waals surface area contributed by atoms with Crippen LogP contribution in [0, 0.1) is 5.41 Å². The summed E-state index contributed by atoms with van der Waals surface area (Å²) in [6.07, 6.45) is 5.36. The highest BCUT2D eigenvalue weighted by atomic mass is 16.6. The molecule has 0 saturated carbocycles. The predicted octanol–water partition coefficient (Wildman–Crippen LogP) is 2.54. The molecule has 1 aromatic heterocycles. The van der Waals surface area contributed by atoms with Gasteiger partial charge in [-0.15, -0.1) is 0 Å². The van der Waals surface area contributed by atoms with Crippen LogP contribution < -0.4 is 5.32 Å². The summed E-state index contributed by atoms with van der Waals surface area (Å²) in [4.78, 5) is 21.2. The van der Waals surface area contributed by atoms with Crippen molar-refractivity contribution in [3.8, 4) is 0 Å². The molecule has 124 valence electrons. The lowest BCUT2D eigenvalue weighted by atomic mass is 9.80. The molecule has 2 N–H and O–H groups in total. The number of rotatable bonds is 4. The van der Waals surface area contributed by atoms with Gasteiger partial charge in [-0.25, -0.2) is 9.78 Å². The topological polar surface area (TPSA) is 70.2 Å². The molecule has 1 aliphatic heterocycles. The number of H-pyrrole nitrogens is 1. The second-order valence-electron chi connectivity index (χ2n) is 7.42. The minimum atomic E-state index is -0.428. The molecule has 0 atom stereocenters. The Morgan fingerprint density at radius 3 is 2.68 bits per heavy atom. The summed E-state index contributed by atoms with van der Waals surface area (Å²) in [5, 5.41) is 3.45. The number of nitrogens with one attached hydrogen (secondary N) is 2. The molecule has 22 heavy (non-hydrogen) atoms. The fourth-order valence-electron chi connectivity index (χ4n) is 2.61. The molecule has 1 amide bonds. The monoisotopic (exact) mass is 308 g/mol. The van der Waals surface area contributed by atoms with Crippen molar-refractivity contribution in [3.05, 3.63) is 18.2 Å². The van der Waals surface area contributed by atoms with E-state index in [2.05, 4.69) is 22.2 Å². The van der Waals surface area contributed by atoms with Crippen molar-refractivity contribution in [2.24, 2.45) is 5.41 Å². The van der Waals surface area contributed by atoms with Gasteiger partial charge in [0.25, 0.3) is 0 Å². The van der Waals surface area contributed by atoms with Gasteiger partial charge >= 0.3 is 6.09 Å². The molecule has 0 spiro atoms.